The number of pyridine rings is 1. The number of benzene rings is 1. The third-order valence-corrected chi connectivity index (χ3v) is 4.01. The average molecular weight is 314 g/mol. The van der Waals surface area contributed by atoms with Crippen molar-refractivity contribution in [3.05, 3.63) is 70.6 Å². The van der Waals surface area contributed by atoms with Gasteiger partial charge in [-0.05, 0) is 17.7 Å². The van der Waals surface area contributed by atoms with Crippen LogP contribution in [0.3, 0.4) is 0 Å². The van der Waals surface area contributed by atoms with Gasteiger partial charge in [0.25, 0.3) is 0 Å². The molecule has 0 aliphatic rings. The number of aromatic nitrogens is 2. The highest BCUT2D eigenvalue weighted by Crippen LogP contribution is 2.32. The Hall–Kier alpha value is -1.84. The topological polar surface area (TPSA) is 43.3 Å². The fraction of sp³-hybridized carbons (Fsp3) is 0.278. The van der Waals surface area contributed by atoms with Crippen LogP contribution in [0, 0.1) is 0 Å². The van der Waals surface area contributed by atoms with Crippen molar-refractivity contribution in [2.75, 3.05) is 0 Å². The number of fused-ring (bicyclic) bond motifs is 1. The fourth-order valence-electron chi connectivity index (χ4n) is 2.70. The van der Waals surface area contributed by atoms with Gasteiger partial charge in [0.05, 0.1) is 22.5 Å². The summed E-state index contributed by atoms with van der Waals surface area (Å²) in [6, 6.07) is 13.6. The molecule has 0 saturated heterocycles. The van der Waals surface area contributed by atoms with Crippen LogP contribution in [0.25, 0.3) is 5.65 Å². The maximum atomic E-state index is 6.57. The quantitative estimate of drug-likeness (QED) is 0.765. The van der Waals surface area contributed by atoms with E-state index in [2.05, 4.69) is 20.8 Å². The van der Waals surface area contributed by atoms with Crippen molar-refractivity contribution in [3.63, 3.8) is 0 Å². The highest BCUT2D eigenvalue weighted by atomic mass is 35.5. The van der Waals surface area contributed by atoms with Gasteiger partial charge in [-0.1, -0.05) is 62.7 Å². The normalized spacial score (nSPS) is 13.5. The van der Waals surface area contributed by atoms with Crippen LogP contribution in [-0.2, 0) is 5.41 Å². The first-order valence-corrected chi connectivity index (χ1v) is 7.74. The van der Waals surface area contributed by atoms with E-state index in [1.807, 2.05) is 53.1 Å². The predicted octanol–water partition coefficient (Wildman–Crippen LogP) is 4.33. The summed E-state index contributed by atoms with van der Waals surface area (Å²) in [5.41, 5.74) is 10.4. The molecule has 3 aromatic rings. The summed E-state index contributed by atoms with van der Waals surface area (Å²) < 4.78 is 2.01. The van der Waals surface area contributed by atoms with E-state index in [9.17, 15) is 0 Å². The van der Waals surface area contributed by atoms with E-state index in [4.69, 9.17) is 22.3 Å². The van der Waals surface area contributed by atoms with Crippen molar-refractivity contribution in [1.29, 1.82) is 0 Å². The number of halogens is 1. The van der Waals surface area contributed by atoms with Gasteiger partial charge in [0.15, 0.2) is 0 Å². The standard InChI is InChI=1S/C18H20ClN3/c1-18(2,3)17-16(15(20)12-7-5-4-6-8-12)22-11-13(19)9-10-14(22)21-17/h4-11,15H,20H2,1-3H3. The molecule has 22 heavy (non-hydrogen) atoms. The average Bonchev–Trinajstić information content (AvgIpc) is 2.86. The second-order valence-corrected chi connectivity index (χ2v) is 7.00. The molecule has 0 bridgehead atoms. The molecule has 0 fully saturated rings. The van der Waals surface area contributed by atoms with E-state index in [1.165, 1.54) is 0 Å². The molecule has 1 unspecified atom stereocenters. The van der Waals surface area contributed by atoms with Crippen molar-refractivity contribution >= 4 is 17.2 Å². The largest absolute Gasteiger partial charge is 0.319 e. The zero-order valence-corrected chi connectivity index (χ0v) is 13.8. The molecule has 4 heteroatoms. The third kappa shape index (κ3) is 2.62. The van der Waals surface area contributed by atoms with E-state index in [0.717, 1.165) is 22.6 Å². The lowest BCUT2D eigenvalue weighted by Crippen LogP contribution is -2.21. The minimum Gasteiger partial charge on any atom is -0.319 e. The Morgan fingerprint density at radius 3 is 2.41 bits per heavy atom. The first-order chi connectivity index (χ1) is 10.4. The van der Waals surface area contributed by atoms with E-state index >= 15 is 0 Å². The maximum absolute atomic E-state index is 6.57. The molecule has 2 aromatic heterocycles. The summed E-state index contributed by atoms with van der Waals surface area (Å²) in [5, 5.41) is 0.673. The molecule has 0 spiro atoms. The fourth-order valence-corrected chi connectivity index (χ4v) is 2.86. The first-order valence-electron chi connectivity index (χ1n) is 7.36. The first kappa shape index (κ1) is 15.1. The van der Waals surface area contributed by atoms with Gasteiger partial charge >= 0.3 is 0 Å². The Kier molecular flexibility index (Phi) is 3.71. The van der Waals surface area contributed by atoms with Crippen LogP contribution in [0.15, 0.2) is 48.7 Å². The van der Waals surface area contributed by atoms with Crippen LogP contribution in [0.1, 0.15) is 43.8 Å². The van der Waals surface area contributed by atoms with Gasteiger partial charge in [0.2, 0.25) is 0 Å². The summed E-state index contributed by atoms with van der Waals surface area (Å²) in [6.07, 6.45) is 1.89. The van der Waals surface area contributed by atoms with Gasteiger partial charge in [-0.2, -0.15) is 0 Å². The molecular weight excluding hydrogens is 294 g/mol. The lowest BCUT2D eigenvalue weighted by molar-refractivity contribution is 0.558. The molecular formula is C18H20ClN3. The van der Waals surface area contributed by atoms with Crippen molar-refractivity contribution in [2.24, 2.45) is 5.73 Å². The van der Waals surface area contributed by atoms with Crippen LogP contribution < -0.4 is 5.73 Å². The lowest BCUT2D eigenvalue weighted by Gasteiger charge is -2.21. The summed E-state index contributed by atoms with van der Waals surface area (Å²) in [7, 11) is 0. The highest BCUT2D eigenvalue weighted by Gasteiger charge is 2.27. The minimum absolute atomic E-state index is 0.0970. The molecule has 3 nitrogen and oxygen atoms in total. The molecule has 1 aromatic carbocycles. The van der Waals surface area contributed by atoms with Crippen LogP contribution >= 0.6 is 11.6 Å². The summed E-state index contributed by atoms with van der Waals surface area (Å²) >= 11 is 6.18. The van der Waals surface area contributed by atoms with Crippen LogP contribution in [0.5, 0.6) is 0 Å². The molecule has 3 rings (SSSR count). The molecule has 2 N–H and O–H groups in total. The van der Waals surface area contributed by atoms with E-state index in [1.54, 1.807) is 0 Å². The van der Waals surface area contributed by atoms with Gasteiger partial charge in [0.1, 0.15) is 5.65 Å². The number of imidazole rings is 1. The van der Waals surface area contributed by atoms with Crippen molar-refractivity contribution in [1.82, 2.24) is 9.38 Å². The number of hydrogen-bond donors (Lipinski definition) is 1. The number of nitrogens with two attached hydrogens (primary N) is 1. The Bertz CT molecular complexity index is 800. The number of nitrogens with zero attached hydrogens (tertiary/aromatic N) is 2. The Morgan fingerprint density at radius 2 is 1.77 bits per heavy atom. The zero-order valence-electron chi connectivity index (χ0n) is 13.0. The maximum Gasteiger partial charge on any atom is 0.137 e. The van der Waals surface area contributed by atoms with E-state index in [0.29, 0.717) is 5.02 Å². The molecule has 0 amide bonds. The van der Waals surface area contributed by atoms with E-state index < -0.39 is 0 Å². The van der Waals surface area contributed by atoms with Crippen molar-refractivity contribution in [2.45, 2.75) is 32.2 Å². The molecule has 114 valence electrons. The second-order valence-electron chi connectivity index (χ2n) is 6.56. The van der Waals surface area contributed by atoms with Crippen LogP contribution in [0.2, 0.25) is 5.02 Å². The zero-order chi connectivity index (χ0) is 15.9. The smallest absolute Gasteiger partial charge is 0.137 e. The Balaban J connectivity index is 2.28. The van der Waals surface area contributed by atoms with Gasteiger partial charge in [0, 0.05) is 11.6 Å². The SMILES string of the molecule is CC(C)(C)c1nc2ccc(Cl)cn2c1C(N)c1ccccc1. The second kappa shape index (κ2) is 5.41. The van der Waals surface area contributed by atoms with Gasteiger partial charge in [-0.25, -0.2) is 4.98 Å². The van der Waals surface area contributed by atoms with Crippen LogP contribution in [-0.4, -0.2) is 9.38 Å². The summed E-state index contributed by atoms with van der Waals surface area (Å²) in [4.78, 5) is 4.80. The number of rotatable bonds is 2. The monoisotopic (exact) mass is 313 g/mol. The van der Waals surface area contributed by atoms with Gasteiger partial charge < -0.3 is 10.1 Å². The van der Waals surface area contributed by atoms with Crippen molar-refractivity contribution in [3.8, 4) is 0 Å². The van der Waals surface area contributed by atoms with Gasteiger partial charge in [-0.3, -0.25) is 0 Å². The minimum atomic E-state index is -0.246. The highest BCUT2D eigenvalue weighted by molar-refractivity contribution is 6.30. The molecule has 0 aliphatic carbocycles. The van der Waals surface area contributed by atoms with Crippen molar-refractivity contribution < 1.29 is 0 Å². The van der Waals surface area contributed by atoms with Gasteiger partial charge in [-0.15, -0.1) is 0 Å². The molecule has 0 aliphatic heterocycles. The summed E-state index contributed by atoms with van der Waals surface area (Å²) in [5.74, 6) is 0. The third-order valence-electron chi connectivity index (χ3n) is 3.78. The molecule has 1 atom stereocenters. The van der Waals surface area contributed by atoms with E-state index in [-0.39, 0.29) is 11.5 Å². The predicted molar refractivity (Wildman–Crippen MR) is 91.4 cm³/mol. The Labute approximate surface area is 135 Å². The molecule has 0 saturated carbocycles. The van der Waals surface area contributed by atoms with Crippen LogP contribution in [0.4, 0.5) is 0 Å². The summed E-state index contributed by atoms with van der Waals surface area (Å²) in [6.45, 7) is 6.45. The number of hydrogen-bond acceptors (Lipinski definition) is 2. The lowest BCUT2D eigenvalue weighted by atomic mass is 9.88. The Morgan fingerprint density at radius 1 is 1.09 bits per heavy atom. The molecule has 0 radical (unpaired) electrons. The molecule has 2 heterocycles.